The highest BCUT2D eigenvalue weighted by Crippen LogP contribution is 2.29. The van der Waals surface area contributed by atoms with Crippen LogP contribution in [0.15, 0.2) is 49.2 Å². The summed E-state index contributed by atoms with van der Waals surface area (Å²) in [4.78, 5) is 15.8. The van der Waals surface area contributed by atoms with Crippen LogP contribution in [0.2, 0.25) is 0 Å². The highest BCUT2D eigenvalue weighted by molar-refractivity contribution is 5.62. The van der Waals surface area contributed by atoms with E-state index in [2.05, 4.69) is 76.8 Å². The van der Waals surface area contributed by atoms with Crippen LogP contribution in [0, 0.1) is 6.92 Å². The van der Waals surface area contributed by atoms with Crippen LogP contribution in [0.3, 0.4) is 0 Å². The molecular weight excluding hydrogens is 360 g/mol. The first-order valence-corrected chi connectivity index (χ1v) is 10.3. The lowest BCUT2D eigenvalue weighted by Gasteiger charge is -2.32. The number of piperidine rings is 1. The lowest BCUT2D eigenvalue weighted by molar-refractivity contribution is 0.393. The fraction of sp³-hybridized carbons (Fsp3) is 0.435. The molecule has 6 nitrogen and oxygen atoms in total. The Morgan fingerprint density at radius 3 is 2.55 bits per heavy atom. The van der Waals surface area contributed by atoms with Crippen LogP contribution in [0.25, 0.3) is 0 Å². The van der Waals surface area contributed by atoms with Gasteiger partial charge in [-0.1, -0.05) is 32.9 Å². The van der Waals surface area contributed by atoms with E-state index in [0.29, 0.717) is 6.04 Å². The van der Waals surface area contributed by atoms with Gasteiger partial charge in [0.05, 0.1) is 6.33 Å². The third-order valence-corrected chi connectivity index (χ3v) is 5.70. The van der Waals surface area contributed by atoms with Gasteiger partial charge in [0.15, 0.2) is 0 Å². The van der Waals surface area contributed by atoms with E-state index in [0.717, 1.165) is 43.4 Å². The van der Waals surface area contributed by atoms with Crippen molar-refractivity contribution in [2.24, 2.45) is 0 Å². The molecule has 1 aromatic carbocycles. The van der Waals surface area contributed by atoms with Gasteiger partial charge in [-0.3, -0.25) is 0 Å². The molecule has 3 heterocycles. The van der Waals surface area contributed by atoms with Gasteiger partial charge in [0, 0.05) is 43.4 Å². The molecule has 0 aliphatic carbocycles. The first-order chi connectivity index (χ1) is 13.9. The fourth-order valence-corrected chi connectivity index (χ4v) is 3.78. The van der Waals surface area contributed by atoms with E-state index in [9.17, 15) is 0 Å². The number of anilines is 3. The first kappa shape index (κ1) is 19.4. The highest BCUT2D eigenvalue weighted by Gasteiger charge is 2.22. The largest absolute Gasteiger partial charge is 0.341 e. The number of benzene rings is 1. The van der Waals surface area contributed by atoms with Gasteiger partial charge in [0.25, 0.3) is 0 Å². The lowest BCUT2D eigenvalue weighted by Crippen LogP contribution is -2.35. The van der Waals surface area contributed by atoms with E-state index in [4.69, 9.17) is 4.98 Å². The van der Waals surface area contributed by atoms with E-state index in [-0.39, 0.29) is 5.41 Å². The highest BCUT2D eigenvalue weighted by atomic mass is 15.3. The molecule has 0 amide bonds. The molecule has 0 unspecified atom stereocenters. The van der Waals surface area contributed by atoms with Crippen LogP contribution in [0.4, 0.5) is 17.5 Å². The molecule has 3 aromatic rings. The van der Waals surface area contributed by atoms with Gasteiger partial charge in [0.1, 0.15) is 5.82 Å². The van der Waals surface area contributed by atoms with Gasteiger partial charge in [-0.05, 0) is 48.4 Å². The van der Waals surface area contributed by atoms with Crippen LogP contribution >= 0.6 is 0 Å². The van der Waals surface area contributed by atoms with Crippen LogP contribution in [0.5, 0.6) is 0 Å². The van der Waals surface area contributed by atoms with Gasteiger partial charge in [-0.25, -0.2) is 9.97 Å². The quantitative estimate of drug-likeness (QED) is 0.689. The molecular formula is C23H30N6. The molecule has 0 atom stereocenters. The number of aryl methyl sites for hydroxylation is 1. The standard InChI is InChI=1S/C23H30N6/c1-17-5-6-18(23(2,3)4)15-20(17)26-21-7-10-25-22(27-21)28-12-8-19(9-13-28)29-14-11-24-16-29/h5-7,10-11,14-16,19H,8-9,12-13H2,1-4H3,(H,25,26,27). The van der Waals surface area contributed by atoms with E-state index in [1.807, 2.05) is 24.8 Å². The molecule has 1 fully saturated rings. The second-order valence-corrected chi connectivity index (χ2v) is 8.87. The number of hydrogen-bond donors (Lipinski definition) is 1. The Morgan fingerprint density at radius 1 is 1.07 bits per heavy atom. The van der Waals surface area contributed by atoms with Crippen LogP contribution in [0.1, 0.15) is 50.8 Å². The summed E-state index contributed by atoms with van der Waals surface area (Å²) < 4.78 is 2.21. The summed E-state index contributed by atoms with van der Waals surface area (Å²) in [5, 5.41) is 3.51. The SMILES string of the molecule is Cc1ccc(C(C)(C)C)cc1Nc1ccnc(N2CCC(n3ccnc3)CC2)n1. The minimum Gasteiger partial charge on any atom is -0.341 e. The third kappa shape index (κ3) is 4.42. The van der Waals surface area contributed by atoms with E-state index >= 15 is 0 Å². The third-order valence-electron chi connectivity index (χ3n) is 5.70. The lowest BCUT2D eigenvalue weighted by atomic mass is 9.86. The molecule has 0 radical (unpaired) electrons. The maximum atomic E-state index is 4.80. The number of nitrogens with one attached hydrogen (secondary N) is 1. The van der Waals surface area contributed by atoms with Crippen molar-refractivity contribution in [3.05, 3.63) is 60.3 Å². The fourth-order valence-electron chi connectivity index (χ4n) is 3.78. The molecule has 2 aromatic heterocycles. The second-order valence-electron chi connectivity index (χ2n) is 8.87. The Kier molecular flexibility index (Phi) is 5.26. The summed E-state index contributed by atoms with van der Waals surface area (Å²) in [5.41, 5.74) is 3.72. The van der Waals surface area contributed by atoms with Crippen molar-refractivity contribution in [3.8, 4) is 0 Å². The van der Waals surface area contributed by atoms with Gasteiger partial charge >= 0.3 is 0 Å². The summed E-state index contributed by atoms with van der Waals surface area (Å²) in [6.07, 6.45) is 9.80. The van der Waals surface area contributed by atoms with Crippen LogP contribution in [-0.2, 0) is 5.41 Å². The Labute approximate surface area is 173 Å². The average Bonchev–Trinajstić information content (AvgIpc) is 3.24. The first-order valence-electron chi connectivity index (χ1n) is 10.3. The van der Waals surface area contributed by atoms with E-state index in [1.165, 1.54) is 11.1 Å². The molecule has 6 heteroatoms. The maximum Gasteiger partial charge on any atom is 0.227 e. The van der Waals surface area contributed by atoms with Crippen molar-refractivity contribution in [1.29, 1.82) is 0 Å². The smallest absolute Gasteiger partial charge is 0.227 e. The zero-order valence-electron chi connectivity index (χ0n) is 17.8. The van der Waals surface area contributed by atoms with Crippen molar-refractivity contribution in [2.75, 3.05) is 23.3 Å². The molecule has 1 aliphatic heterocycles. The maximum absolute atomic E-state index is 4.80. The van der Waals surface area contributed by atoms with E-state index in [1.54, 1.807) is 0 Å². The Morgan fingerprint density at radius 2 is 1.86 bits per heavy atom. The van der Waals surface area contributed by atoms with Gasteiger partial charge < -0.3 is 14.8 Å². The predicted octanol–water partition coefficient (Wildman–Crippen LogP) is 4.86. The van der Waals surface area contributed by atoms with Gasteiger partial charge in [-0.15, -0.1) is 0 Å². The van der Waals surface area contributed by atoms with Crippen molar-refractivity contribution >= 4 is 17.5 Å². The topological polar surface area (TPSA) is 58.9 Å². The van der Waals surface area contributed by atoms with Gasteiger partial charge in [0.2, 0.25) is 5.95 Å². The zero-order chi connectivity index (χ0) is 20.4. The zero-order valence-corrected chi connectivity index (χ0v) is 17.8. The van der Waals surface area contributed by atoms with Crippen molar-refractivity contribution < 1.29 is 0 Å². The van der Waals surface area contributed by atoms with E-state index < -0.39 is 0 Å². The number of nitrogens with zero attached hydrogens (tertiary/aromatic N) is 5. The molecule has 0 bridgehead atoms. The summed E-state index contributed by atoms with van der Waals surface area (Å²) in [6, 6.07) is 9.05. The van der Waals surface area contributed by atoms with Crippen molar-refractivity contribution in [2.45, 2.75) is 52.0 Å². The van der Waals surface area contributed by atoms with Crippen LogP contribution in [-0.4, -0.2) is 32.6 Å². The predicted molar refractivity (Wildman–Crippen MR) is 118 cm³/mol. The minimum absolute atomic E-state index is 0.112. The Balaban J connectivity index is 1.47. The summed E-state index contributed by atoms with van der Waals surface area (Å²) in [5.74, 6) is 1.63. The second kappa shape index (κ2) is 7.85. The number of rotatable bonds is 4. The minimum atomic E-state index is 0.112. The summed E-state index contributed by atoms with van der Waals surface area (Å²) in [6.45, 7) is 10.7. The average molecular weight is 391 g/mol. The number of hydrogen-bond acceptors (Lipinski definition) is 5. The normalized spacial score (nSPS) is 15.5. The van der Waals surface area contributed by atoms with Crippen molar-refractivity contribution in [1.82, 2.24) is 19.5 Å². The molecule has 1 aliphatic rings. The monoisotopic (exact) mass is 390 g/mol. The Bertz CT molecular complexity index is 950. The molecule has 4 rings (SSSR count). The van der Waals surface area contributed by atoms with Crippen molar-refractivity contribution in [3.63, 3.8) is 0 Å². The van der Waals surface area contributed by atoms with Gasteiger partial charge in [-0.2, -0.15) is 4.98 Å². The molecule has 1 saturated heterocycles. The molecule has 1 N–H and O–H groups in total. The molecule has 0 saturated carbocycles. The Hall–Kier alpha value is -2.89. The summed E-state index contributed by atoms with van der Waals surface area (Å²) in [7, 11) is 0. The number of imidazole rings is 1. The van der Waals surface area contributed by atoms with Crippen LogP contribution < -0.4 is 10.2 Å². The molecule has 152 valence electrons. The summed E-state index contributed by atoms with van der Waals surface area (Å²) >= 11 is 0. The number of aromatic nitrogens is 4. The molecule has 29 heavy (non-hydrogen) atoms. The molecule has 0 spiro atoms.